The van der Waals surface area contributed by atoms with Crippen LogP contribution in [0.3, 0.4) is 0 Å². The number of hydrogen-bond acceptors (Lipinski definition) is 4. The molecule has 0 amide bonds. The molecule has 0 spiro atoms. The first-order chi connectivity index (χ1) is 15.9. The molecule has 1 aliphatic heterocycles. The van der Waals surface area contributed by atoms with E-state index in [-0.39, 0.29) is 5.92 Å². The molecule has 0 bridgehead atoms. The SMILES string of the molecule is COc1cc(/C=C/c2nc3n(n2)CC[C@H]3c2cc(F)c(F)c(F)c2)ccc1-n1cnc(C)c1. The zero-order valence-electron chi connectivity index (χ0n) is 18.0. The first-order valence-corrected chi connectivity index (χ1v) is 10.4. The molecule has 1 atom stereocenters. The van der Waals surface area contributed by atoms with Crippen LogP contribution in [-0.4, -0.2) is 31.4 Å². The van der Waals surface area contributed by atoms with E-state index in [0.29, 0.717) is 35.9 Å². The van der Waals surface area contributed by atoms with Gasteiger partial charge in [0, 0.05) is 18.7 Å². The summed E-state index contributed by atoms with van der Waals surface area (Å²) < 4.78 is 49.9. The van der Waals surface area contributed by atoms with Gasteiger partial charge in [-0.15, -0.1) is 0 Å². The van der Waals surface area contributed by atoms with E-state index >= 15 is 0 Å². The van der Waals surface area contributed by atoms with E-state index in [0.717, 1.165) is 29.1 Å². The molecule has 6 nitrogen and oxygen atoms in total. The molecule has 2 aromatic carbocycles. The van der Waals surface area contributed by atoms with E-state index in [1.54, 1.807) is 24.2 Å². The second-order valence-corrected chi connectivity index (χ2v) is 7.88. The van der Waals surface area contributed by atoms with Gasteiger partial charge in [0.05, 0.1) is 24.8 Å². The largest absolute Gasteiger partial charge is 0.495 e. The van der Waals surface area contributed by atoms with Crippen molar-refractivity contribution >= 4 is 12.2 Å². The molecule has 3 heterocycles. The first kappa shape index (κ1) is 21.0. The normalized spacial score (nSPS) is 15.4. The number of methoxy groups -OCH3 is 1. The van der Waals surface area contributed by atoms with Crippen molar-refractivity contribution in [1.82, 2.24) is 24.3 Å². The standard InChI is InChI=1S/C24H20F3N5O/c1-14-12-31(13-28-14)20-5-3-15(9-21(20)33-2)4-6-22-29-24-17(7-8-32(24)30-22)16-10-18(25)23(27)19(26)11-16/h3-6,9-13,17H,7-8H2,1-2H3/b6-4+/t17-/m0/s1. The van der Waals surface area contributed by atoms with E-state index in [1.807, 2.05) is 42.0 Å². The minimum absolute atomic E-state index is 0.345. The predicted octanol–water partition coefficient (Wildman–Crippen LogP) is 4.90. The number of aromatic nitrogens is 5. The minimum Gasteiger partial charge on any atom is -0.495 e. The number of rotatable bonds is 5. The van der Waals surface area contributed by atoms with Crippen LogP contribution in [0.4, 0.5) is 13.2 Å². The second kappa shape index (κ2) is 8.23. The number of halogens is 3. The molecular weight excluding hydrogens is 431 g/mol. The Balaban J connectivity index is 1.39. The molecule has 0 fully saturated rings. The van der Waals surface area contributed by atoms with Gasteiger partial charge in [-0.2, -0.15) is 5.10 Å². The van der Waals surface area contributed by atoms with Gasteiger partial charge in [0.1, 0.15) is 11.6 Å². The van der Waals surface area contributed by atoms with Gasteiger partial charge >= 0.3 is 0 Å². The fourth-order valence-electron chi connectivity index (χ4n) is 4.07. The lowest BCUT2D eigenvalue weighted by molar-refractivity contribution is 0.413. The number of aryl methyl sites for hydroxylation is 2. The summed E-state index contributed by atoms with van der Waals surface area (Å²) in [7, 11) is 1.61. The Morgan fingerprint density at radius 3 is 2.58 bits per heavy atom. The minimum atomic E-state index is -1.47. The van der Waals surface area contributed by atoms with E-state index in [9.17, 15) is 13.2 Å². The Morgan fingerprint density at radius 2 is 1.88 bits per heavy atom. The van der Waals surface area contributed by atoms with Crippen LogP contribution in [0.5, 0.6) is 5.75 Å². The molecule has 5 rings (SSSR count). The van der Waals surface area contributed by atoms with Gasteiger partial charge in [-0.25, -0.2) is 27.8 Å². The lowest BCUT2D eigenvalue weighted by atomic mass is 9.97. The van der Waals surface area contributed by atoms with E-state index < -0.39 is 17.5 Å². The molecule has 33 heavy (non-hydrogen) atoms. The average molecular weight is 451 g/mol. The van der Waals surface area contributed by atoms with Gasteiger partial charge < -0.3 is 9.30 Å². The molecule has 0 radical (unpaired) electrons. The summed E-state index contributed by atoms with van der Waals surface area (Å²) in [5, 5.41) is 4.47. The zero-order chi connectivity index (χ0) is 23.1. The maximum atomic E-state index is 13.7. The quantitative estimate of drug-likeness (QED) is 0.405. The monoisotopic (exact) mass is 451 g/mol. The first-order valence-electron chi connectivity index (χ1n) is 10.4. The lowest BCUT2D eigenvalue weighted by Gasteiger charge is -2.10. The third-order valence-electron chi connectivity index (χ3n) is 5.68. The molecule has 1 aliphatic rings. The Hall–Kier alpha value is -3.88. The number of benzene rings is 2. The van der Waals surface area contributed by atoms with Crippen LogP contribution in [0.2, 0.25) is 0 Å². The number of fused-ring (bicyclic) bond motifs is 1. The fourth-order valence-corrected chi connectivity index (χ4v) is 4.07. The third-order valence-corrected chi connectivity index (χ3v) is 5.68. The van der Waals surface area contributed by atoms with E-state index in [4.69, 9.17) is 4.74 Å². The molecule has 4 aromatic rings. The van der Waals surface area contributed by atoms with Crippen LogP contribution in [0.1, 0.15) is 40.8 Å². The van der Waals surface area contributed by atoms with Crippen molar-refractivity contribution in [3.8, 4) is 11.4 Å². The Labute approximate surface area is 188 Å². The molecule has 168 valence electrons. The number of ether oxygens (including phenoxy) is 1. The van der Waals surface area contributed by atoms with Crippen LogP contribution in [0.25, 0.3) is 17.8 Å². The maximum Gasteiger partial charge on any atom is 0.194 e. The van der Waals surface area contributed by atoms with Crippen molar-refractivity contribution in [1.29, 1.82) is 0 Å². The Kier molecular flexibility index (Phi) is 5.24. The van der Waals surface area contributed by atoms with Crippen molar-refractivity contribution in [2.75, 3.05) is 7.11 Å². The van der Waals surface area contributed by atoms with Crippen LogP contribution in [-0.2, 0) is 6.54 Å². The summed E-state index contributed by atoms with van der Waals surface area (Å²) in [5.41, 5.74) is 3.02. The zero-order valence-corrected chi connectivity index (χ0v) is 18.0. The van der Waals surface area contributed by atoms with Crippen molar-refractivity contribution in [3.63, 3.8) is 0 Å². The topological polar surface area (TPSA) is 57.8 Å². The van der Waals surface area contributed by atoms with Gasteiger partial charge in [-0.05, 0) is 54.8 Å². The summed E-state index contributed by atoms with van der Waals surface area (Å²) in [6, 6.07) is 7.84. The molecule has 2 aromatic heterocycles. The summed E-state index contributed by atoms with van der Waals surface area (Å²) in [4.78, 5) is 8.79. The summed E-state index contributed by atoms with van der Waals surface area (Å²) in [5.74, 6) is -2.45. The molecule has 0 saturated carbocycles. The van der Waals surface area contributed by atoms with E-state index in [1.165, 1.54) is 0 Å². The molecular formula is C24H20F3N5O. The van der Waals surface area contributed by atoms with Gasteiger partial charge in [-0.3, -0.25) is 0 Å². The molecule has 0 unspecified atom stereocenters. The van der Waals surface area contributed by atoms with Gasteiger partial charge in [0.2, 0.25) is 0 Å². The van der Waals surface area contributed by atoms with Crippen molar-refractivity contribution < 1.29 is 17.9 Å². The van der Waals surface area contributed by atoms with Gasteiger partial charge in [-0.1, -0.05) is 12.1 Å². The highest BCUT2D eigenvalue weighted by molar-refractivity contribution is 5.69. The van der Waals surface area contributed by atoms with Crippen molar-refractivity contribution in [2.24, 2.45) is 0 Å². The highest BCUT2D eigenvalue weighted by Crippen LogP contribution is 2.34. The number of imidazole rings is 1. The average Bonchev–Trinajstić information content (AvgIpc) is 3.51. The van der Waals surface area contributed by atoms with Crippen LogP contribution in [0.15, 0.2) is 42.9 Å². The lowest BCUT2D eigenvalue weighted by Crippen LogP contribution is -2.02. The smallest absolute Gasteiger partial charge is 0.194 e. The predicted molar refractivity (Wildman–Crippen MR) is 117 cm³/mol. The van der Waals surface area contributed by atoms with Crippen molar-refractivity contribution in [2.45, 2.75) is 25.8 Å². The second-order valence-electron chi connectivity index (χ2n) is 7.88. The summed E-state index contributed by atoms with van der Waals surface area (Å²) in [6.07, 6.45) is 7.87. The van der Waals surface area contributed by atoms with Crippen LogP contribution in [0, 0.1) is 24.4 Å². The van der Waals surface area contributed by atoms with Crippen LogP contribution >= 0.6 is 0 Å². The third kappa shape index (κ3) is 3.90. The Bertz CT molecular complexity index is 1350. The molecule has 0 N–H and O–H groups in total. The van der Waals surface area contributed by atoms with Crippen molar-refractivity contribution in [3.05, 3.63) is 88.8 Å². The molecule has 0 aliphatic carbocycles. The summed E-state index contributed by atoms with van der Waals surface area (Å²) in [6.45, 7) is 2.48. The van der Waals surface area contributed by atoms with Gasteiger partial charge in [0.15, 0.2) is 23.3 Å². The fraction of sp³-hybridized carbons (Fsp3) is 0.208. The highest BCUT2D eigenvalue weighted by Gasteiger charge is 2.29. The molecule has 9 heteroatoms. The van der Waals surface area contributed by atoms with Gasteiger partial charge in [0.25, 0.3) is 0 Å². The maximum absolute atomic E-state index is 13.7. The van der Waals surface area contributed by atoms with Crippen LogP contribution < -0.4 is 4.74 Å². The molecule has 0 saturated heterocycles. The highest BCUT2D eigenvalue weighted by atomic mass is 19.2. The number of nitrogens with zero attached hydrogens (tertiary/aromatic N) is 5. The summed E-state index contributed by atoms with van der Waals surface area (Å²) >= 11 is 0. The Morgan fingerprint density at radius 1 is 1.09 bits per heavy atom. The number of hydrogen-bond donors (Lipinski definition) is 0. The van der Waals surface area contributed by atoms with E-state index in [2.05, 4.69) is 15.1 Å².